The van der Waals surface area contributed by atoms with Crippen molar-refractivity contribution >= 4 is 44.4 Å². The van der Waals surface area contributed by atoms with Crippen molar-refractivity contribution in [1.82, 2.24) is 15.1 Å². The number of thioether (sulfide) groups is 1. The van der Waals surface area contributed by atoms with E-state index >= 15 is 0 Å². The Labute approximate surface area is 163 Å². The predicted octanol–water partition coefficient (Wildman–Crippen LogP) is 3.04. The fraction of sp³-hybridized carbons (Fsp3) is 0.111. The highest BCUT2D eigenvalue weighted by molar-refractivity contribution is 7.99. The van der Waals surface area contributed by atoms with E-state index in [0.717, 1.165) is 21.7 Å². The van der Waals surface area contributed by atoms with Crippen LogP contribution in [0.1, 0.15) is 0 Å². The normalized spacial score (nSPS) is 10.9. The Balaban J connectivity index is 1.41. The van der Waals surface area contributed by atoms with Gasteiger partial charge in [-0.05, 0) is 47.1 Å². The van der Waals surface area contributed by atoms with Crippen LogP contribution < -0.4 is 14.7 Å². The Morgan fingerprint density at radius 3 is 2.96 bits per heavy atom. The Morgan fingerprint density at radius 1 is 1.30 bits per heavy atom. The lowest BCUT2D eigenvalue weighted by atomic mass is 10.3. The molecule has 0 aliphatic rings. The first kappa shape index (κ1) is 17.5. The number of anilines is 1. The van der Waals surface area contributed by atoms with Gasteiger partial charge in [0.2, 0.25) is 12.2 Å². The minimum absolute atomic E-state index is 0.131. The number of fused-ring (bicyclic) bond motifs is 1. The highest BCUT2D eigenvalue weighted by Crippen LogP contribution is 2.29. The smallest absolute Gasteiger partial charge is 0.385 e. The van der Waals surface area contributed by atoms with Crippen molar-refractivity contribution in [2.45, 2.75) is 5.16 Å². The monoisotopic (exact) mass is 398 g/mol. The molecule has 2 aromatic carbocycles. The van der Waals surface area contributed by atoms with Crippen LogP contribution in [0.3, 0.4) is 0 Å². The number of nitrogens with zero attached hydrogens (tertiary/aromatic N) is 3. The summed E-state index contributed by atoms with van der Waals surface area (Å²) in [5.74, 6) is 0.869. The summed E-state index contributed by atoms with van der Waals surface area (Å²) >= 11 is 2.77. The van der Waals surface area contributed by atoms with E-state index in [2.05, 4.69) is 20.4 Å². The number of nitrogens with one attached hydrogen (secondary N) is 2. The third-order valence-electron chi connectivity index (χ3n) is 3.74. The van der Waals surface area contributed by atoms with Crippen molar-refractivity contribution in [3.05, 3.63) is 54.9 Å². The molecule has 0 saturated heterocycles. The summed E-state index contributed by atoms with van der Waals surface area (Å²) in [5.41, 5.74) is 1.79. The minimum Gasteiger partial charge on any atom is -0.497 e. The van der Waals surface area contributed by atoms with E-state index in [4.69, 9.17) is 4.74 Å². The number of aromatic amines is 1. The van der Waals surface area contributed by atoms with Crippen molar-refractivity contribution in [2.75, 3.05) is 18.2 Å². The molecule has 0 atom stereocenters. The van der Waals surface area contributed by atoms with Gasteiger partial charge >= 0.3 is 5.16 Å². The van der Waals surface area contributed by atoms with Crippen LogP contribution in [0.4, 0.5) is 5.13 Å². The van der Waals surface area contributed by atoms with Gasteiger partial charge in [0.25, 0.3) is 0 Å². The number of H-pyrrole nitrogens is 1. The molecule has 4 aromatic rings. The molecular formula is C18H16N5O2S2+. The fourth-order valence-electron chi connectivity index (χ4n) is 2.49. The first-order chi connectivity index (χ1) is 13.2. The molecule has 0 unspecified atom stereocenters. The number of para-hydroxylation sites is 1. The third kappa shape index (κ3) is 3.93. The van der Waals surface area contributed by atoms with E-state index in [1.807, 2.05) is 53.2 Å². The molecule has 27 heavy (non-hydrogen) atoms. The molecule has 0 fully saturated rings. The SMILES string of the molecule is COc1ccc2nc(NC(=O)CSc3nc[nH][n+]3-c3ccccc3)sc2c1. The van der Waals surface area contributed by atoms with Crippen LogP contribution in [0, 0.1) is 0 Å². The number of hydrogen-bond donors (Lipinski definition) is 2. The molecule has 4 rings (SSSR count). The lowest BCUT2D eigenvalue weighted by molar-refractivity contribution is -0.694. The Morgan fingerprint density at radius 2 is 2.15 bits per heavy atom. The highest BCUT2D eigenvalue weighted by Gasteiger charge is 2.19. The molecule has 7 nitrogen and oxygen atoms in total. The van der Waals surface area contributed by atoms with Gasteiger partial charge in [0.05, 0.1) is 23.1 Å². The van der Waals surface area contributed by atoms with E-state index in [1.165, 1.54) is 23.1 Å². The highest BCUT2D eigenvalue weighted by atomic mass is 32.2. The van der Waals surface area contributed by atoms with E-state index < -0.39 is 0 Å². The Bertz CT molecular complexity index is 1080. The number of carbonyl (C=O) groups excluding carboxylic acids is 1. The number of hydrogen-bond acceptors (Lipinski definition) is 6. The summed E-state index contributed by atoms with van der Waals surface area (Å²) in [6.45, 7) is 0. The van der Waals surface area contributed by atoms with Crippen LogP contribution in [-0.4, -0.2) is 33.8 Å². The standard InChI is InChI=1S/C18H15N5O2S2/c1-25-13-7-8-14-15(9-13)27-17(21-14)22-16(24)10-26-18-19-11-20-23(18)12-5-3-2-4-6-12/h2-9,11H,10H2,1H3,(H,21,22,24)/p+1. The average Bonchev–Trinajstić information content (AvgIpc) is 3.32. The number of benzene rings is 2. The number of amides is 1. The van der Waals surface area contributed by atoms with Gasteiger partial charge in [-0.15, -0.1) is 4.68 Å². The zero-order valence-corrected chi connectivity index (χ0v) is 16.0. The van der Waals surface area contributed by atoms with Crippen LogP contribution >= 0.6 is 23.1 Å². The summed E-state index contributed by atoms with van der Waals surface area (Å²) in [6, 6.07) is 15.4. The van der Waals surface area contributed by atoms with Crippen molar-refractivity contribution in [3.63, 3.8) is 0 Å². The molecule has 0 aliphatic heterocycles. The van der Waals surface area contributed by atoms with Crippen molar-refractivity contribution < 1.29 is 14.2 Å². The molecule has 0 aliphatic carbocycles. The topological polar surface area (TPSA) is 83.8 Å². The van der Waals surface area contributed by atoms with Crippen LogP contribution in [0.25, 0.3) is 15.9 Å². The molecular weight excluding hydrogens is 382 g/mol. The van der Waals surface area contributed by atoms with Gasteiger partial charge in [-0.2, -0.15) is 5.10 Å². The maximum absolute atomic E-state index is 12.3. The lowest BCUT2D eigenvalue weighted by Crippen LogP contribution is -2.35. The average molecular weight is 398 g/mol. The molecule has 2 N–H and O–H groups in total. The van der Waals surface area contributed by atoms with E-state index in [0.29, 0.717) is 10.3 Å². The second kappa shape index (κ2) is 7.77. The maximum atomic E-state index is 12.3. The van der Waals surface area contributed by atoms with Gasteiger partial charge in [0.15, 0.2) is 10.8 Å². The summed E-state index contributed by atoms with van der Waals surface area (Å²) in [6.07, 6.45) is 1.61. The Hall–Kier alpha value is -2.91. The molecule has 0 radical (unpaired) electrons. The van der Waals surface area contributed by atoms with E-state index in [1.54, 1.807) is 13.4 Å². The van der Waals surface area contributed by atoms with Crippen molar-refractivity contribution in [2.24, 2.45) is 0 Å². The number of rotatable bonds is 6. The second-order valence-corrected chi connectivity index (χ2v) is 7.50. The number of carbonyl (C=O) groups is 1. The summed E-state index contributed by atoms with van der Waals surface area (Å²) < 4.78 is 8.02. The molecule has 2 heterocycles. The van der Waals surface area contributed by atoms with Crippen LogP contribution in [-0.2, 0) is 4.79 Å². The molecule has 9 heteroatoms. The van der Waals surface area contributed by atoms with Crippen molar-refractivity contribution in [3.8, 4) is 11.4 Å². The molecule has 0 spiro atoms. The van der Waals surface area contributed by atoms with Gasteiger partial charge in [-0.25, -0.2) is 4.98 Å². The third-order valence-corrected chi connectivity index (χ3v) is 5.63. The predicted molar refractivity (Wildman–Crippen MR) is 106 cm³/mol. The summed E-state index contributed by atoms with van der Waals surface area (Å²) in [7, 11) is 1.62. The molecule has 0 saturated carbocycles. The zero-order valence-electron chi connectivity index (χ0n) is 14.4. The summed E-state index contributed by atoms with van der Waals surface area (Å²) in [4.78, 5) is 21.0. The molecule has 2 aromatic heterocycles. The molecule has 136 valence electrons. The fourth-order valence-corrected chi connectivity index (χ4v) is 4.15. The summed E-state index contributed by atoms with van der Waals surface area (Å²) in [5, 5.41) is 7.19. The Kier molecular flexibility index (Phi) is 5.03. The largest absolute Gasteiger partial charge is 0.497 e. The van der Waals surface area contributed by atoms with Gasteiger partial charge < -0.3 is 10.1 Å². The van der Waals surface area contributed by atoms with Crippen LogP contribution in [0.2, 0.25) is 0 Å². The van der Waals surface area contributed by atoms with Crippen LogP contribution in [0.5, 0.6) is 5.75 Å². The first-order valence-electron chi connectivity index (χ1n) is 8.11. The number of aromatic nitrogens is 4. The minimum atomic E-state index is -0.131. The number of methoxy groups -OCH3 is 1. The first-order valence-corrected chi connectivity index (χ1v) is 9.91. The quantitative estimate of drug-likeness (QED) is 0.385. The molecule has 1 amide bonds. The van der Waals surface area contributed by atoms with Crippen LogP contribution in [0.15, 0.2) is 60.0 Å². The number of ether oxygens (including phenoxy) is 1. The second-order valence-electron chi connectivity index (χ2n) is 5.53. The van der Waals surface area contributed by atoms with Gasteiger partial charge in [0, 0.05) is 0 Å². The van der Waals surface area contributed by atoms with Gasteiger partial charge in [-0.3, -0.25) is 4.79 Å². The molecule has 0 bridgehead atoms. The van der Waals surface area contributed by atoms with Crippen molar-refractivity contribution in [1.29, 1.82) is 0 Å². The van der Waals surface area contributed by atoms with Gasteiger partial charge in [0.1, 0.15) is 5.75 Å². The maximum Gasteiger partial charge on any atom is 0.385 e. The van der Waals surface area contributed by atoms with Gasteiger partial charge in [-0.1, -0.05) is 29.5 Å². The lowest BCUT2D eigenvalue weighted by Gasteiger charge is -1.99. The van der Waals surface area contributed by atoms with E-state index in [9.17, 15) is 4.79 Å². The zero-order chi connectivity index (χ0) is 18.6. The number of thiazole rings is 1. The van der Waals surface area contributed by atoms with E-state index in [-0.39, 0.29) is 11.7 Å².